The van der Waals surface area contributed by atoms with Gasteiger partial charge in [0.25, 0.3) is 0 Å². The van der Waals surface area contributed by atoms with E-state index in [1.165, 1.54) is 9.80 Å². The third-order valence-electron chi connectivity index (χ3n) is 25.1. The number of nitrogens with two attached hydrogens (primary N) is 7. The number of aliphatic carboxylic acids is 2. The molecule has 7 rings (SSSR count). The number of thioether (sulfide) groups is 1. The van der Waals surface area contributed by atoms with E-state index in [0.717, 1.165) is 46.7 Å². The lowest BCUT2D eigenvalue weighted by Crippen LogP contribution is -2.61. The van der Waals surface area contributed by atoms with Crippen LogP contribution < -0.4 is 93.3 Å². The summed E-state index contributed by atoms with van der Waals surface area (Å²) >= 11 is 1.84. The van der Waals surface area contributed by atoms with E-state index in [-0.39, 0.29) is 125 Å². The molecule has 3 fully saturated rings. The van der Waals surface area contributed by atoms with E-state index in [1.807, 2.05) is 221 Å². The fraction of sp³-hybridized carbons (Fsp3) is 0.635. The number of nitrogens with one attached hydrogen (secondary N) is 10. The van der Waals surface area contributed by atoms with Crippen LogP contribution >= 0.6 is 11.8 Å². The van der Waals surface area contributed by atoms with E-state index < -0.39 is 154 Å². The molecule has 141 heavy (non-hydrogen) atoms. The highest BCUT2D eigenvalue weighted by Gasteiger charge is 2.44. The largest absolute Gasteiger partial charge is 0.480 e. The summed E-state index contributed by atoms with van der Waals surface area (Å²) < 4.78 is 0. The van der Waals surface area contributed by atoms with Gasteiger partial charge in [0.15, 0.2) is 0 Å². The van der Waals surface area contributed by atoms with Gasteiger partial charge in [-0.2, -0.15) is 11.8 Å². The molecule has 36 nitrogen and oxygen atoms in total. The van der Waals surface area contributed by atoms with Crippen molar-refractivity contribution in [2.45, 2.75) is 321 Å². The number of piperidine rings is 2. The lowest BCUT2D eigenvalue weighted by molar-refractivity contribution is -0.148. The minimum absolute atomic E-state index is 0.00899. The molecular formula is C104H168N20O16S. The summed E-state index contributed by atoms with van der Waals surface area (Å²) in [7, 11) is 0. The monoisotopic (exact) mass is 1990 g/mol. The Morgan fingerprint density at radius 1 is 0.362 bits per heavy atom. The third-order valence-corrected chi connectivity index (χ3v) is 26.1. The molecule has 12 amide bonds. The molecule has 0 aliphatic carbocycles. The summed E-state index contributed by atoms with van der Waals surface area (Å²) in [5.74, 6) is -5.39. The average molecular weight is 1990 g/mol. The zero-order chi connectivity index (χ0) is 105. The molecule has 3 aliphatic rings. The van der Waals surface area contributed by atoms with Crippen molar-refractivity contribution in [2.24, 2.45) is 68.7 Å². The number of carboxylic acid groups (broad SMARTS) is 2. The maximum atomic E-state index is 13.9. The van der Waals surface area contributed by atoms with Crippen molar-refractivity contribution >= 4 is 94.6 Å². The zero-order valence-corrected chi connectivity index (χ0v) is 86.6. The summed E-state index contributed by atoms with van der Waals surface area (Å²) in [5.41, 5.74) is 41.9. The topological polar surface area (TPSA) is 592 Å². The molecule has 12 atom stereocenters. The first-order chi connectivity index (χ1) is 66.5. The minimum atomic E-state index is -1.40. The summed E-state index contributed by atoms with van der Waals surface area (Å²) in [4.78, 5) is 191. The van der Waals surface area contributed by atoms with Crippen LogP contribution in [0.2, 0.25) is 0 Å². The number of benzene rings is 4. The molecule has 0 aromatic heterocycles. The van der Waals surface area contributed by atoms with Crippen LogP contribution in [-0.2, 0) is 92.8 Å². The van der Waals surface area contributed by atoms with Gasteiger partial charge < -0.3 is 118 Å². The van der Waals surface area contributed by atoms with Crippen molar-refractivity contribution < 1.29 is 77.3 Å². The number of carboxylic acids is 2. The van der Waals surface area contributed by atoms with E-state index in [4.69, 9.17) is 40.1 Å². The Morgan fingerprint density at radius 2 is 0.652 bits per heavy atom. The standard InChI is InChI=1S/C37H56N6O4S.C34H57N7O6.C33H55N7O6/c1-26(2)23-32(35(45)40-31(17-11-18-39-27(3)4)37(47)43-19-12-21-48-22-20-43)42-36(46)33(25-29-15-9-6-10-16-29)41-34(44)30(38)24-28-13-7-5-8-14-28;1-22(2)19-26(29(43)38-25(13-9-10-16-35)31(45)41-17-14-34(37,15-18-41)32(46)47)40-30(44)27(20-23-11-7-6-8-12-23)39-28(42)24(36)21-33(3,4)5;1-21(2)19-24(38-28(42)25(20-22-11-7-6-8-12-22)39-29(43)26(35)32(3,4)5)27(41)37-23(13-9-10-16-34)30(44)40-17-14-33(36,15-18-40)31(45)46/h5-10,13-16,26-27,30-33,39H,11-12,17-25,38H2,1-4H3,(H,40,45)(H,41,44)(H,42,46);6-8,11-12,22,24-27H,9-10,13-21,35-37H2,1-5H3,(H,38,43)(H,39,42)(H,40,44)(H,46,47);6-8,11-12,21,23-26H,9-10,13-20,34-36H2,1-5H3,(H,37,41)(H,38,42)(H,39,43)(H,45,46)/t30-,31-,32-,33-;24-,25-,26-,27-;23-,24-,25-,26+/m111/s1. The molecule has 37 heteroatoms. The van der Waals surface area contributed by atoms with E-state index in [9.17, 15) is 77.3 Å². The molecule has 3 heterocycles. The van der Waals surface area contributed by atoms with E-state index >= 15 is 0 Å². The van der Waals surface area contributed by atoms with Crippen molar-refractivity contribution in [1.29, 1.82) is 0 Å². The molecule has 3 aliphatic heterocycles. The second kappa shape index (κ2) is 60.8. The van der Waals surface area contributed by atoms with Gasteiger partial charge in [0.1, 0.15) is 65.5 Å². The van der Waals surface area contributed by atoms with Gasteiger partial charge in [-0.3, -0.25) is 67.1 Å². The first-order valence-electron chi connectivity index (χ1n) is 50.2. The Balaban J connectivity index is 0.000000373. The molecule has 0 spiro atoms. The van der Waals surface area contributed by atoms with Crippen molar-refractivity contribution in [3.05, 3.63) is 144 Å². The Bertz CT molecular complexity index is 4540. The molecule has 26 N–H and O–H groups in total. The van der Waals surface area contributed by atoms with Gasteiger partial charge in [0.2, 0.25) is 70.9 Å². The van der Waals surface area contributed by atoms with Crippen molar-refractivity contribution in [1.82, 2.24) is 67.9 Å². The minimum Gasteiger partial charge on any atom is -0.480 e. The smallest absolute Gasteiger partial charge is 0.323 e. The van der Waals surface area contributed by atoms with E-state index in [1.54, 1.807) is 0 Å². The van der Waals surface area contributed by atoms with Gasteiger partial charge >= 0.3 is 11.9 Å². The number of carbonyl (C=O) groups is 14. The summed E-state index contributed by atoms with van der Waals surface area (Å²) in [6.07, 6.45) is 7.87. The van der Waals surface area contributed by atoms with Gasteiger partial charge in [-0.25, -0.2) is 0 Å². The number of amides is 12. The van der Waals surface area contributed by atoms with Crippen LogP contribution in [0.3, 0.4) is 0 Å². The third kappa shape index (κ3) is 44.1. The second-order valence-electron chi connectivity index (χ2n) is 41.7. The fourth-order valence-electron chi connectivity index (χ4n) is 16.6. The number of hydrogen-bond acceptors (Lipinski definition) is 23. The van der Waals surface area contributed by atoms with Crippen LogP contribution in [0.25, 0.3) is 0 Å². The molecule has 0 saturated carbocycles. The van der Waals surface area contributed by atoms with Crippen molar-refractivity contribution in [2.75, 3.05) is 70.4 Å². The van der Waals surface area contributed by atoms with Crippen LogP contribution in [0.5, 0.6) is 0 Å². The Kier molecular flexibility index (Phi) is 52.2. The number of carbonyl (C=O) groups excluding carboxylic acids is 12. The number of rotatable bonds is 51. The van der Waals surface area contributed by atoms with Gasteiger partial charge in [0, 0.05) is 70.3 Å². The van der Waals surface area contributed by atoms with Gasteiger partial charge in [-0.1, -0.05) is 218 Å². The highest BCUT2D eigenvalue weighted by atomic mass is 32.2. The van der Waals surface area contributed by atoms with E-state index in [0.29, 0.717) is 103 Å². The lowest BCUT2D eigenvalue weighted by atomic mass is 9.86. The van der Waals surface area contributed by atoms with Gasteiger partial charge in [0.05, 0.1) is 18.1 Å². The summed E-state index contributed by atoms with van der Waals surface area (Å²) in [5, 5.41) is 48.1. The molecule has 4 aromatic carbocycles. The summed E-state index contributed by atoms with van der Waals surface area (Å²) in [6, 6.07) is 26.8. The Hall–Kier alpha value is -10.5. The van der Waals surface area contributed by atoms with Crippen molar-refractivity contribution in [3.8, 4) is 0 Å². The molecule has 0 unspecified atom stereocenters. The second-order valence-corrected chi connectivity index (χ2v) is 42.9. The number of hydrogen-bond donors (Lipinski definition) is 19. The predicted molar refractivity (Wildman–Crippen MR) is 551 cm³/mol. The van der Waals surface area contributed by atoms with E-state index in [2.05, 4.69) is 67.0 Å². The fourth-order valence-corrected chi connectivity index (χ4v) is 17.5. The molecule has 3 saturated heterocycles. The highest BCUT2D eigenvalue weighted by Crippen LogP contribution is 2.27. The molecular weight excluding hydrogens is 1820 g/mol. The quantitative estimate of drug-likeness (QED) is 0.0266. The molecule has 786 valence electrons. The Labute approximate surface area is 839 Å². The normalized spacial score (nSPS) is 16.9. The Morgan fingerprint density at radius 3 is 0.957 bits per heavy atom. The molecule has 4 aromatic rings. The first-order valence-corrected chi connectivity index (χ1v) is 51.4. The number of unbranched alkanes of at least 4 members (excludes halogenated alkanes) is 2. The molecule has 0 radical (unpaired) electrons. The SMILES string of the molecule is CC(C)C[C@@H](NC(=O)[C@@H](Cc1ccccc1)NC(=O)[C@H](N)C(C)(C)C)C(=O)N[C@H](CCCCN)C(=O)N1CCC(N)(C(=O)O)CC1.CC(C)C[C@@H](NC(=O)[C@@H](Cc1ccccc1)NC(=O)[C@H](N)CC(C)(C)C)C(=O)N[C@H](CCCCN)C(=O)N1CCC(N)(C(=O)O)CC1.CC(C)C[C@@H](NC(=O)[C@@H](Cc1ccccc1)NC(=O)[C@H](N)Cc1ccccc1)C(=O)N[C@H](CCCNC(C)C)C(=O)N1CCCSCC1. The highest BCUT2D eigenvalue weighted by molar-refractivity contribution is 7.99. The predicted octanol–water partition coefficient (Wildman–Crippen LogP) is 4.71. The number of nitrogens with zero attached hydrogens (tertiary/aromatic N) is 3. The van der Waals surface area contributed by atoms with Crippen LogP contribution in [0.15, 0.2) is 121 Å². The lowest BCUT2D eigenvalue weighted by Gasteiger charge is -2.38. The van der Waals surface area contributed by atoms with Gasteiger partial charge in [-0.15, -0.1) is 0 Å². The first kappa shape index (κ1) is 121. The van der Waals surface area contributed by atoms with Gasteiger partial charge in [-0.05, 0) is 192 Å². The summed E-state index contributed by atoms with van der Waals surface area (Å²) in [6.45, 7) is 30.7. The maximum Gasteiger partial charge on any atom is 0.323 e. The van der Waals surface area contributed by atoms with Crippen LogP contribution in [-0.4, -0.2) is 268 Å². The number of likely N-dealkylation sites (tertiary alicyclic amines) is 2. The van der Waals surface area contributed by atoms with Crippen LogP contribution in [0, 0.1) is 28.6 Å². The molecule has 0 bridgehead atoms. The van der Waals surface area contributed by atoms with Crippen LogP contribution in [0.1, 0.15) is 228 Å². The maximum absolute atomic E-state index is 13.9. The average Bonchev–Trinajstić information content (AvgIpc) is 1.21. The van der Waals surface area contributed by atoms with Crippen molar-refractivity contribution in [3.63, 3.8) is 0 Å². The zero-order valence-electron chi connectivity index (χ0n) is 85.8. The van der Waals surface area contributed by atoms with Crippen LogP contribution in [0.4, 0.5) is 0 Å².